The summed E-state index contributed by atoms with van der Waals surface area (Å²) in [4.78, 5) is 0. The van der Waals surface area contributed by atoms with Gasteiger partial charge < -0.3 is 19.7 Å². The molecule has 0 spiro atoms. The van der Waals surface area contributed by atoms with Gasteiger partial charge in [0.05, 0.1) is 19.8 Å². The Bertz CT molecular complexity index is 351. The van der Waals surface area contributed by atoms with Gasteiger partial charge in [-0.3, -0.25) is 0 Å². The minimum atomic E-state index is -0.670. The van der Waals surface area contributed by atoms with E-state index in [1.807, 2.05) is 24.3 Å². The lowest BCUT2D eigenvalue weighted by Crippen LogP contribution is -2.23. The maximum Gasteiger partial charge on any atom is 0.119 e. The topological polar surface area (TPSA) is 58.9 Å². The summed E-state index contributed by atoms with van der Waals surface area (Å²) >= 11 is 3.33. The van der Waals surface area contributed by atoms with E-state index in [4.69, 9.17) is 14.6 Å². The minimum absolute atomic E-state index is 0.00140. The highest BCUT2D eigenvalue weighted by molar-refractivity contribution is 9.10. The van der Waals surface area contributed by atoms with Crippen LogP contribution >= 0.6 is 15.9 Å². The summed E-state index contributed by atoms with van der Waals surface area (Å²) in [5.41, 5.74) is 0. The SMILES string of the molecule is OCC=CCOCC(O)COc1ccc(Br)cc1. The fraction of sp³-hybridized carbons (Fsp3) is 0.385. The molecule has 1 atom stereocenters. The monoisotopic (exact) mass is 316 g/mol. The van der Waals surface area contributed by atoms with Crippen molar-refractivity contribution >= 4 is 15.9 Å². The first kappa shape index (κ1) is 15.2. The van der Waals surface area contributed by atoms with E-state index in [0.29, 0.717) is 12.4 Å². The summed E-state index contributed by atoms with van der Waals surface area (Å²) in [6, 6.07) is 7.39. The highest BCUT2D eigenvalue weighted by atomic mass is 79.9. The van der Waals surface area contributed by atoms with Gasteiger partial charge in [0.2, 0.25) is 0 Å². The van der Waals surface area contributed by atoms with Crippen molar-refractivity contribution in [3.8, 4) is 5.75 Å². The first-order valence-corrected chi connectivity index (χ1v) is 6.41. The van der Waals surface area contributed by atoms with Crippen LogP contribution < -0.4 is 4.74 Å². The summed E-state index contributed by atoms with van der Waals surface area (Å²) in [6.45, 7) is 0.756. The fourth-order valence-electron chi connectivity index (χ4n) is 1.19. The molecule has 0 radical (unpaired) electrons. The Morgan fingerprint density at radius 1 is 1.17 bits per heavy atom. The molecule has 0 aliphatic carbocycles. The first-order chi connectivity index (χ1) is 8.72. The molecule has 1 aromatic carbocycles. The molecule has 0 aromatic heterocycles. The Kier molecular flexibility index (Phi) is 7.68. The van der Waals surface area contributed by atoms with Gasteiger partial charge in [-0.1, -0.05) is 28.1 Å². The molecular weight excluding hydrogens is 300 g/mol. The Morgan fingerprint density at radius 2 is 1.89 bits per heavy atom. The second-order valence-electron chi connectivity index (χ2n) is 3.61. The van der Waals surface area contributed by atoms with Gasteiger partial charge in [-0.25, -0.2) is 0 Å². The van der Waals surface area contributed by atoms with E-state index in [2.05, 4.69) is 15.9 Å². The maximum absolute atomic E-state index is 9.59. The van der Waals surface area contributed by atoms with Gasteiger partial charge in [0.1, 0.15) is 18.5 Å². The molecule has 0 saturated carbocycles. The van der Waals surface area contributed by atoms with Crippen LogP contribution in [-0.2, 0) is 4.74 Å². The van der Waals surface area contributed by atoms with E-state index in [1.54, 1.807) is 12.2 Å². The number of ether oxygens (including phenoxy) is 2. The maximum atomic E-state index is 9.59. The van der Waals surface area contributed by atoms with Crippen LogP contribution in [0, 0.1) is 0 Å². The lowest BCUT2D eigenvalue weighted by molar-refractivity contribution is 0.0212. The van der Waals surface area contributed by atoms with Gasteiger partial charge in [0.15, 0.2) is 0 Å². The van der Waals surface area contributed by atoms with Gasteiger partial charge in [-0.05, 0) is 24.3 Å². The second-order valence-corrected chi connectivity index (χ2v) is 4.53. The third-order valence-corrected chi connectivity index (χ3v) is 2.58. The summed E-state index contributed by atoms with van der Waals surface area (Å²) in [6.07, 6.45) is 2.61. The fourth-order valence-corrected chi connectivity index (χ4v) is 1.45. The number of hydrogen-bond donors (Lipinski definition) is 2. The molecule has 0 aliphatic rings. The minimum Gasteiger partial charge on any atom is -0.491 e. The van der Waals surface area contributed by atoms with E-state index in [0.717, 1.165) is 4.47 Å². The highest BCUT2D eigenvalue weighted by Crippen LogP contribution is 2.16. The van der Waals surface area contributed by atoms with Crippen molar-refractivity contribution in [2.45, 2.75) is 6.10 Å². The van der Waals surface area contributed by atoms with Gasteiger partial charge in [0, 0.05) is 4.47 Å². The largest absolute Gasteiger partial charge is 0.491 e. The van der Waals surface area contributed by atoms with Gasteiger partial charge >= 0.3 is 0 Å². The van der Waals surface area contributed by atoms with Crippen LogP contribution in [0.15, 0.2) is 40.9 Å². The molecule has 1 unspecified atom stereocenters. The zero-order valence-corrected chi connectivity index (χ0v) is 11.5. The first-order valence-electron chi connectivity index (χ1n) is 5.62. The molecule has 0 fully saturated rings. The molecule has 0 saturated heterocycles. The normalized spacial score (nSPS) is 12.8. The molecule has 0 amide bonds. The van der Waals surface area contributed by atoms with Crippen LogP contribution in [0.25, 0.3) is 0 Å². The quantitative estimate of drug-likeness (QED) is 0.566. The average Bonchev–Trinajstić information content (AvgIpc) is 2.38. The molecular formula is C13H17BrO4. The lowest BCUT2D eigenvalue weighted by Gasteiger charge is -2.12. The molecule has 2 N–H and O–H groups in total. The van der Waals surface area contributed by atoms with E-state index < -0.39 is 6.10 Å². The molecule has 100 valence electrons. The highest BCUT2D eigenvalue weighted by Gasteiger charge is 2.04. The van der Waals surface area contributed by atoms with Crippen LogP contribution in [-0.4, -0.2) is 42.7 Å². The van der Waals surface area contributed by atoms with E-state index in [9.17, 15) is 5.11 Å². The van der Waals surface area contributed by atoms with Gasteiger partial charge in [-0.2, -0.15) is 0 Å². The molecule has 5 heteroatoms. The van der Waals surface area contributed by atoms with E-state index in [1.165, 1.54) is 0 Å². The molecule has 0 aliphatic heterocycles. The second kappa shape index (κ2) is 9.10. The number of aliphatic hydroxyl groups is 2. The Morgan fingerprint density at radius 3 is 2.56 bits per heavy atom. The smallest absolute Gasteiger partial charge is 0.119 e. The zero-order valence-electron chi connectivity index (χ0n) is 9.96. The summed E-state index contributed by atoms with van der Waals surface area (Å²) in [5, 5.41) is 18.1. The van der Waals surface area contributed by atoms with Gasteiger partial charge in [0.25, 0.3) is 0 Å². The average molecular weight is 317 g/mol. The summed E-state index contributed by atoms with van der Waals surface area (Å²) in [7, 11) is 0. The lowest BCUT2D eigenvalue weighted by atomic mass is 10.3. The van der Waals surface area contributed by atoms with Crippen LogP contribution in [0.1, 0.15) is 0 Å². The molecule has 1 rings (SSSR count). The molecule has 0 heterocycles. The van der Waals surface area contributed by atoms with Crippen LogP contribution in [0.5, 0.6) is 5.75 Å². The van der Waals surface area contributed by atoms with Crippen LogP contribution in [0.4, 0.5) is 0 Å². The van der Waals surface area contributed by atoms with Crippen LogP contribution in [0.3, 0.4) is 0 Å². The number of hydrogen-bond acceptors (Lipinski definition) is 4. The third-order valence-electron chi connectivity index (χ3n) is 2.05. The molecule has 0 bridgehead atoms. The van der Waals surface area contributed by atoms with Crippen molar-refractivity contribution < 1.29 is 19.7 Å². The molecule has 1 aromatic rings. The van der Waals surface area contributed by atoms with Crippen molar-refractivity contribution in [1.82, 2.24) is 0 Å². The number of rotatable bonds is 8. The predicted molar refractivity (Wildman–Crippen MR) is 72.7 cm³/mol. The van der Waals surface area contributed by atoms with Crippen LogP contribution in [0.2, 0.25) is 0 Å². The van der Waals surface area contributed by atoms with Gasteiger partial charge in [-0.15, -0.1) is 0 Å². The molecule has 4 nitrogen and oxygen atoms in total. The predicted octanol–water partition coefficient (Wildman–Crippen LogP) is 1.75. The standard InChI is InChI=1S/C13H17BrO4/c14-11-3-5-13(6-4-11)18-10-12(16)9-17-8-2-1-7-15/h1-6,12,15-16H,7-10H2. The Labute approximate surface area is 115 Å². The van der Waals surface area contributed by atoms with Crippen molar-refractivity contribution in [2.24, 2.45) is 0 Å². The summed E-state index contributed by atoms with van der Waals surface area (Å²) < 4.78 is 11.5. The zero-order chi connectivity index (χ0) is 13.2. The van der Waals surface area contributed by atoms with Crippen molar-refractivity contribution in [1.29, 1.82) is 0 Å². The van der Waals surface area contributed by atoms with Crippen molar-refractivity contribution in [3.63, 3.8) is 0 Å². The number of aliphatic hydroxyl groups excluding tert-OH is 2. The Hall–Kier alpha value is -0.880. The Balaban J connectivity index is 2.14. The molecule has 18 heavy (non-hydrogen) atoms. The van der Waals surface area contributed by atoms with E-state index in [-0.39, 0.29) is 19.8 Å². The number of halogens is 1. The third kappa shape index (κ3) is 6.76. The van der Waals surface area contributed by atoms with E-state index >= 15 is 0 Å². The van der Waals surface area contributed by atoms with Crippen molar-refractivity contribution in [2.75, 3.05) is 26.4 Å². The summed E-state index contributed by atoms with van der Waals surface area (Å²) in [5.74, 6) is 0.706. The number of benzene rings is 1. The van der Waals surface area contributed by atoms with Crippen molar-refractivity contribution in [3.05, 3.63) is 40.9 Å².